The predicted octanol–water partition coefficient (Wildman–Crippen LogP) is 1.19. The fourth-order valence-corrected chi connectivity index (χ4v) is 1.29. The molecule has 0 fully saturated rings. The van der Waals surface area contributed by atoms with Crippen LogP contribution in [0.25, 0.3) is 0 Å². The number of carbonyl (C=O) groups excluding carboxylic acids is 2. The van der Waals surface area contributed by atoms with Crippen LogP contribution in [0.2, 0.25) is 0 Å². The number of hydrogen-bond donors (Lipinski definition) is 0. The third-order valence-corrected chi connectivity index (χ3v) is 2.12. The molecule has 0 amide bonds. The van der Waals surface area contributed by atoms with E-state index in [0.29, 0.717) is 5.57 Å². The fourth-order valence-electron chi connectivity index (χ4n) is 1.29. The van der Waals surface area contributed by atoms with Gasteiger partial charge in [-0.1, -0.05) is 18.2 Å². The molecule has 1 aliphatic carbocycles. The van der Waals surface area contributed by atoms with E-state index in [-0.39, 0.29) is 11.7 Å². The molecule has 0 aromatic carbocycles. The lowest BCUT2D eigenvalue weighted by molar-refractivity contribution is -0.139. The molecule has 0 N–H and O–H groups in total. The van der Waals surface area contributed by atoms with Gasteiger partial charge in [-0.25, -0.2) is 9.59 Å². The van der Waals surface area contributed by atoms with Crippen LogP contribution < -0.4 is 0 Å². The van der Waals surface area contributed by atoms with E-state index in [9.17, 15) is 9.59 Å². The van der Waals surface area contributed by atoms with Crippen molar-refractivity contribution in [3.8, 4) is 0 Å². The number of methoxy groups -OCH3 is 2. The minimum atomic E-state index is -0.573. The summed E-state index contributed by atoms with van der Waals surface area (Å²) in [5, 5.41) is 0. The highest BCUT2D eigenvalue weighted by atomic mass is 16.6. The highest BCUT2D eigenvalue weighted by Gasteiger charge is 2.16. The smallest absolute Gasteiger partial charge is 0.372 e. The fraction of sp³-hybridized carbons (Fsp3) is 0.250. The predicted molar refractivity (Wildman–Crippen MR) is 58.1 cm³/mol. The number of carbonyl (C=O) groups is 1. The summed E-state index contributed by atoms with van der Waals surface area (Å²) in [7, 11) is 2.64. The number of hydrogen-bond acceptors (Lipinski definition) is 4. The number of allylic oxidation sites excluding steroid dienone is 6. The Morgan fingerprint density at radius 1 is 1.38 bits per heavy atom. The van der Waals surface area contributed by atoms with Gasteiger partial charge >= 0.3 is 5.97 Å². The molecule has 0 radical (unpaired) electrons. The van der Waals surface area contributed by atoms with E-state index in [0.717, 1.165) is 0 Å². The summed E-state index contributed by atoms with van der Waals surface area (Å²) in [6.07, 6.45) is 8.44. The summed E-state index contributed by atoms with van der Waals surface area (Å²) in [6, 6.07) is 0. The Hall–Kier alpha value is -2.06. The molecule has 16 heavy (non-hydrogen) atoms. The van der Waals surface area contributed by atoms with Crippen LogP contribution >= 0.6 is 0 Å². The van der Waals surface area contributed by atoms with E-state index < -0.39 is 5.97 Å². The van der Waals surface area contributed by atoms with Crippen molar-refractivity contribution in [1.29, 1.82) is 0 Å². The molecular weight excluding hydrogens is 208 g/mol. The molecule has 0 saturated heterocycles. The summed E-state index contributed by atoms with van der Waals surface area (Å²) < 4.78 is 9.42. The summed E-state index contributed by atoms with van der Waals surface area (Å²) in [6.45, 7) is 0. The van der Waals surface area contributed by atoms with Crippen LogP contribution in [-0.2, 0) is 19.1 Å². The summed E-state index contributed by atoms with van der Waals surface area (Å²) >= 11 is 0. The first-order valence-electron chi connectivity index (χ1n) is 4.67. The lowest BCUT2D eigenvalue weighted by Gasteiger charge is -2.11. The molecule has 1 atom stereocenters. The highest BCUT2D eigenvalue weighted by Crippen LogP contribution is 2.19. The van der Waals surface area contributed by atoms with Crippen molar-refractivity contribution in [2.45, 2.75) is 0 Å². The second-order valence-electron chi connectivity index (χ2n) is 3.05. The molecule has 0 bridgehead atoms. The van der Waals surface area contributed by atoms with Gasteiger partial charge in [-0.3, -0.25) is 0 Å². The van der Waals surface area contributed by atoms with Gasteiger partial charge in [0.1, 0.15) is 5.94 Å². The maximum Gasteiger partial charge on any atom is 0.372 e. The van der Waals surface area contributed by atoms with E-state index in [1.54, 1.807) is 24.3 Å². The standard InChI is InChI=1S/C12H12O4/c1-15-11(12(14)16-2)7-9-5-3-4-6-10(9)8-13/h3-7,9H,1-2H3. The molecule has 0 heterocycles. The lowest BCUT2D eigenvalue weighted by Crippen LogP contribution is -2.10. The zero-order valence-corrected chi connectivity index (χ0v) is 9.10. The first-order valence-corrected chi connectivity index (χ1v) is 4.67. The maximum absolute atomic E-state index is 11.2. The van der Waals surface area contributed by atoms with Gasteiger partial charge in [0.2, 0.25) is 5.76 Å². The highest BCUT2D eigenvalue weighted by molar-refractivity contribution is 5.86. The van der Waals surface area contributed by atoms with Crippen LogP contribution in [0, 0.1) is 5.92 Å². The van der Waals surface area contributed by atoms with Gasteiger partial charge in [0.15, 0.2) is 0 Å². The van der Waals surface area contributed by atoms with Gasteiger partial charge in [0, 0.05) is 11.5 Å². The van der Waals surface area contributed by atoms with Gasteiger partial charge < -0.3 is 9.47 Å². The van der Waals surface area contributed by atoms with Crippen molar-refractivity contribution >= 4 is 11.9 Å². The van der Waals surface area contributed by atoms with Crippen LogP contribution in [0.15, 0.2) is 41.7 Å². The topological polar surface area (TPSA) is 52.6 Å². The molecule has 0 spiro atoms. The summed E-state index contributed by atoms with van der Waals surface area (Å²) in [4.78, 5) is 21.9. The normalized spacial score (nSPS) is 19.2. The first-order chi connectivity index (χ1) is 7.72. The Labute approximate surface area is 93.5 Å². The van der Waals surface area contributed by atoms with E-state index in [4.69, 9.17) is 4.74 Å². The molecule has 1 unspecified atom stereocenters. The third kappa shape index (κ3) is 2.72. The summed E-state index contributed by atoms with van der Waals surface area (Å²) in [5.74, 6) is 1.00. The van der Waals surface area contributed by atoms with E-state index in [2.05, 4.69) is 4.74 Å². The van der Waals surface area contributed by atoms with E-state index >= 15 is 0 Å². The third-order valence-electron chi connectivity index (χ3n) is 2.12. The van der Waals surface area contributed by atoms with Crippen molar-refractivity contribution in [2.24, 2.45) is 5.92 Å². The van der Waals surface area contributed by atoms with Gasteiger partial charge in [-0.05, 0) is 12.2 Å². The molecule has 0 saturated carbocycles. The quantitative estimate of drug-likeness (QED) is 0.310. The average Bonchev–Trinajstić information content (AvgIpc) is 2.35. The molecule has 84 valence electrons. The Bertz CT molecular complexity index is 409. The van der Waals surface area contributed by atoms with Gasteiger partial charge in [0.25, 0.3) is 0 Å². The zero-order valence-electron chi connectivity index (χ0n) is 9.10. The Morgan fingerprint density at radius 2 is 2.12 bits per heavy atom. The number of ether oxygens (including phenoxy) is 2. The summed E-state index contributed by atoms with van der Waals surface area (Å²) in [5.41, 5.74) is 0.445. The molecular formula is C12H12O4. The molecule has 4 heteroatoms. The second-order valence-corrected chi connectivity index (χ2v) is 3.05. The average molecular weight is 220 g/mol. The molecule has 1 rings (SSSR count). The van der Waals surface area contributed by atoms with Crippen LogP contribution in [0.1, 0.15) is 0 Å². The van der Waals surface area contributed by atoms with E-state index in [1.165, 1.54) is 20.3 Å². The van der Waals surface area contributed by atoms with Crippen LogP contribution in [0.4, 0.5) is 0 Å². The van der Waals surface area contributed by atoms with E-state index in [1.807, 2.05) is 5.94 Å². The van der Waals surface area contributed by atoms with Crippen molar-refractivity contribution in [3.05, 3.63) is 41.7 Å². The van der Waals surface area contributed by atoms with Crippen LogP contribution in [0.3, 0.4) is 0 Å². The minimum Gasteiger partial charge on any atom is -0.490 e. The molecule has 1 aliphatic rings. The Kier molecular flexibility index (Phi) is 4.30. The molecule has 0 aromatic heterocycles. The van der Waals surface area contributed by atoms with Crippen LogP contribution in [0.5, 0.6) is 0 Å². The van der Waals surface area contributed by atoms with Crippen molar-refractivity contribution in [2.75, 3.05) is 14.2 Å². The SMILES string of the molecule is COC(=O)C(=CC1C=CC=CC1=C=O)OC. The van der Waals surface area contributed by atoms with Crippen molar-refractivity contribution < 1.29 is 19.1 Å². The first kappa shape index (κ1) is 12.0. The number of esters is 1. The monoisotopic (exact) mass is 220 g/mol. The lowest BCUT2D eigenvalue weighted by atomic mass is 9.95. The molecule has 0 aromatic rings. The van der Waals surface area contributed by atoms with Crippen molar-refractivity contribution in [1.82, 2.24) is 0 Å². The maximum atomic E-state index is 11.2. The molecule has 0 aliphatic heterocycles. The minimum absolute atomic E-state index is 0.0696. The van der Waals surface area contributed by atoms with Gasteiger partial charge in [-0.2, -0.15) is 0 Å². The Balaban J connectivity index is 2.97. The molecule has 4 nitrogen and oxygen atoms in total. The van der Waals surface area contributed by atoms with Gasteiger partial charge in [0.05, 0.1) is 14.2 Å². The zero-order chi connectivity index (χ0) is 12.0. The van der Waals surface area contributed by atoms with Crippen molar-refractivity contribution in [3.63, 3.8) is 0 Å². The second kappa shape index (κ2) is 5.73. The van der Waals surface area contributed by atoms with Crippen LogP contribution in [-0.4, -0.2) is 26.1 Å². The van der Waals surface area contributed by atoms with Gasteiger partial charge in [-0.15, -0.1) is 0 Å². The number of rotatable bonds is 3. The largest absolute Gasteiger partial charge is 0.490 e. The Morgan fingerprint density at radius 3 is 2.69 bits per heavy atom.